The van der Waals surface area contributed by atoms with Gasteiger partial charge >= 0.3 is 0 Å². The van der Waals surface area contributed by atoms with Crippen molar-refractivity contribution in [1.29, 1.82) is 5.26 Å². The van der Waals surface area contributed by atoms with Gasteiger partial charge in [-0.1, -0.05) is 6.08 Å². The van der Waals surface area contributed by atoms with E-state index >= 15 is 0 Å². The molecule has 0 fully saturated rings. The summed E-state index contributed by atoms with van der Waals surface area (Å²) >= 11 is 0. The molecule has 1 unspecified atom stereocenters. The minimum atomic E-state index is -3.54. The van der Waals surface area contributed by atoms with Crippen molar-refractivity contribution in [1.82, 2.24) is 4.72 Å². The molecule has 1 aromatic carbocycles. The molecule has 1 atom stereocenters. The van der Waals surface area contributed by atoms with E-state index in [0.29, 0.717) is 17.5 Å². The topological polar surface area (TPSA) is 70.0 Å². The number of rotatable bonds is 5. The molecule has 0 spiro atoms. The first-order chi connectivity index (χ1) is 8.40. The highest BCUT2D eigenvalue weighted by molar-refractivity contribution is 7.89. The molecular formula is C13H16N2O2S. The molecule has 0 radical (unpaired) electrons. The molecule has 0 aliphatic carbocycles. The fourth-order valence-electron chi connectivity index (χ4n) is 1.65. The Hall–Kier alpha value is -1.64. The van der Waals surface area contributed by atoms with E-state index < -0.39 is 10.0 Å². The van der Waals surface area contributed by atoms with E-state index in [-0.39, 0.29) is 10.9 Å². The Labute approximate surface area is 108 Å². The molecule has 0 aliphatic rings. The number of sulfonamides is 1. The number of hydrogen-bond acceptors (Lipinski definition) is 3. The van der Waals surface area contributed by atoms with Gasteiger partial charge in [-0.2, -0.15) is 5.26 Å². The number of nitrogens with one attached hydrogen (secondary N) is 1. The van der Waals surface area contributed by atoms with Gasteiger partial charge in [0.05, 0.1) is 16.5 Å². The summed E-state index contributed by atoms with van der Waals surface area (Å²) < 4.78 is 26.8. The van der Waals surface area contributed by atoms with Crippen LogP contribution in [0.5, 0.6) is 0 Å². The second-order valence-corrected chi connectivity index (χ2v) is 5.82. The van der Waals surface area contributed by atoms with Gasteiger partial charge in [-0.25, -0.2) is 13.1 Å². The normalized spacial score (nSPS) is 12.7. The van der Waals surface area contributed by atoms with Crippen LogP contribution in [0.3, 0.4) is 0 Å². The van der Waals surface area contributed by atoms with Crippen molar-refractivity contribution in [3.05, 3.63) is 42.0 Å². The zero-order valence-corrected chi connectivity index (χ0v) is 11.3. The molecule has 1 N–H and O–H groups in total. The molecule has 0 amide bonds. The van der Waals surface area contributed by atoms with Crippen LogP contribution in [-0.2, 0) is 10.0 Å². The van der Waals surface area contributed by atoms with Gasteiger partial charge in [0, 0.05) is 6.04 Å². The minimum Gasteiger partial charge on any atom is -0.208 e. The van der Waals surface area contributed by atoms with Crippen LogP contribution in [0.15, 0.2) is 35.7 Å². The van der Waals surface area contributed by atoms with E-state index in [0.717, 1.165) is 0 Å². The van der Waals surface area contributed by atoms with E-state index in [4.69, 9.17) is 5.26 Å². The van der Waals surface area contributed by atoms with E-state index in [1.165, 1.54) is 12.1 Å². The van der Waals surface area contributed by atoms with Crippen LogP contribution in [-0.4, -0.2) is 14.5 Å². The third-order valence-corrected chi connectivity index (χ3v) is 4.22. The van der Waals surface area contributed by atoms with E-state index in [9.17, 15) is 8.42 Å². The van der Waals surface area contributed by atoms with Crippen molar-refractivity contribution >= 4 is 10.0 Å². The van der Waals surface area contributed by atoms with Crippen LogP contribution in [0, 0.1) is 18.3 Å². The van der Waals surface area contributed by atoms with Gasteiger partial charge in [0.25, 0.3) is 0 Å². The number of nitriles is 1. The summed E-state index contributed by atoms with van der Waals surface area (Å²) in [7, 11) is -3.54. The van der Waals surface area contributed by atoms with Crippen molar-refractivity contribution in [2.45, 2.75) is 31.2 Å². The molecule has 96 valence electrons. The molecule has 0 bridgehead atoms. The van der Waals surface area contributed by atoms with Gasteiger partial charge in [0.1, 0.15) is 0 Å². The van der Waals surface area contributed by atoms with Crippen molar-refractivity contribution in [2.75, 3.05) is 0 Å². The molecule has 18 heavy (non-hydrogen) atoms. The lowest BCUT2D eigenvalue weighted by atomic mass is 10.2. The molecule has 0 saturated carbocycles. The molecule has 5 heteroatoms. The summed E-state index contributed by atoms with van der Waals surface area (Å²) in [6.07, 6.45) is 2.23. The molecule has 0 aromatic heterocycles. The fourth-order valence-corrected chi connectivity index (χ4v) is 3.13. The third kappa shape index (κ3) is 3.42. The summed E-state index contributed by atoms with van der Waals surface area (Å²) in [6.45, 7) is 7.02. The molecule has 0 aliphatic heterocycles. The van der Waals surface area contributed by atoms with Gasteiger partial charge in [-0.3, -0.25) is 0 Å². The van der Waals surface area contributed by atoms with Gasteiger partial charge in [0.15, 0.2) is 0 Å². The van der Waals surface area contributed by atoms with Crippen LogP contribution < -0.4 is 4.72 Å². The van der Waals surface area contributed by atoms with Crippen LogP contribution in [0.25, 0.3) is 0 Å². The van der Waals surface area contributed by atoms with Gasteiger partial charge in [-0.15, -0.1) is 6.58 Å². The maximum Gasteiger partial charge on any atom is 0.241 e. The van der Waals surface area contributed by atoms with Crippen molar-refractivity contribution < 1.29 is 8.42 Å². The number of aryl methyl sites for hydroxylation is 1. The summed E-state index contributed by atoms with van der Waals surface area (Å²) in [5.74, 6) is 0. The Morgan fingerprint density at radius 1 is 1.56 bits per heavy atom. The molecular weight excluding hydrogens is 248 g/mol. The summed E-state index contributed by atoms with van der Waals surface area (Å²) in [4.78, 5) is 0.206. The third-order valence-electron chi connectivity index (χ3n) is 2.47. The number of hydrogen-bond donors (Lipinski definition) is 1. The summed E-state index contributed by atoms with van der Waals surface area (Å²) in [5.41, 5.74) is 1.01. The zero-order chi connectivity index (χ0) is 13.8. The highest BCUT2D eigenvalue weighted by atomic mass is 32.2. The highest BCUT2D eigenvalue weighted by Crippen LogP contribution is 2.17. The van der Waals surface area contributed by atoms with Crippen molar-refractivity contribution in [3.63, 3.8) is 0 Å². The Morgan fingerprint density at radius 2 is 2.22 bits per heavy atom. The first-order valence-corrected chi connectivity index (χ1v) is 7.03. The lowest BCUT2D eigenvalue weighted by Crippen LogP contribution is -2.32. The van der Waals surface area contributed by atoms with E-state index in [2.05, 4.69) is 11.3 Å². The predicted molar refractivity (Wildman–Crippen MR) is 70.5 cm³/mol. The van der Waals surface area contributed by atoms with E-state index in [1.54, 1.807) is 26.0 Å². The smallest absolute Gasteiger partial charge is 0.208 e. The average molecular weight is 264 g/mol. The SMILES string of the molecule is C=CCC(C)NS(=O)(=O)c1ccc(C#N)cc1C. The lowest BCUT2D eigenvalue weighted by Gasteiger charge is -2.14. The van der Waals surface area contributed by atoms with Gasteiger partial charge in [-0.05, 0) is 44.0 Å². The molecule has 1 aromatic rings. The second kappa shape index (κ2) is 5.80. The van der Waals surface area contributed by atoms with Gasteiger partial charge in [0.2, 0.25) is 10.0 Å². The Morgan fingerprint density at radius 3 is 2.72 bits per heavy atom. The second-order valence-electron chi connectivity index (χ2n) is 4.14. The summed E-state index contributed by atoms with van der Waals surface area (Å²) in [5, 5.41) is 8.74. The average Bonchev–Trinajstić information content (AvgIpc) is 2.27. The maximum absolute atomic E-state index is 12.1. The van der Waals surface area contributed by atoms with Crippen LogP contribution in [0.1, 0.15) is 24.5 Å². The van der Waals surface area contributed by atoms with Crippen LogP contribution in [0.2, 0.25) is 0 Å². The Kier molecular flexibility index (Phi) is 4.65. The van der Waals surface area contributed by atoms with Crippen LogP contribution in [0.4, 0.5) is 0 Å². The number of benzene rings is 1. The standard InChI is InChI=1S/C13H16N2O2S/c1-4-5-11(3)15-18(16,17)13-7-6-12(9-14)8-10(13)2/h4,6-8,11,15H,1,5H2,2-3H3. The minimum absolute atomic E-state index is 0.206. The van der Waals surface area contributed by atoms with Gasteiger partial charge < -0.3 is 0 Å². The largest absolute Gasteiger partial charge is 0.241 e. The van der Waals surface area contributed by atoms with Crippen molar-refractivity contribution in [3.8, 4) is 6.07 Å². The Bertz CT molecular complexity index is 585. The highest BCUT2D eigenvalue weighted by Gasteiger charge is 2.18. The van der Waals surface area contributed by atoms with Crippen LogP contribution >= 0.6 is 0 Å². The first kappa shape index (κ1) is 14.4. The lowest BCUT2D eigenvalue weighted by molar-refractivity contribution is 0.561. The molecule has 4 nitrogen and oxygen atoms in total. The molecule has 0 heterocycles. The Balaban J connectivity index is 3.06. The zero-order valence-electron chi connectivity index (χ0n) is 10.5. The van der Waals surface area contributed by atoms with Crippen molar-refractivity contribution in [2.24, 2.45) is 0 Å². The molecule has 0 saturated heterocycles. The quantitative estimate of drug-likeness (QED) is 0.828. The number of nitrogens with zero attached hydrogens (tertiary/aromatic N) is 1. The molecule has 1 rings (SSSR count). The fraction of sp³-hybridized carbons (Fsp3) is 0.308. The summed E-state index contributed by atoms with van der Waals surface area (Å²) in [6, 6.07) is 6.29. The first-order valence-electron chi connectivity index (χ1n) is 5.54. The monoisotopic (exact) mass is 264 g/mol. The predicted octanol–water partition coefficient (Wildman–Crippen LogP) is 2.11. The maximum atomic E-state index is 12.1. The van der Waals surface area contributed by atoms with E-state index in [1.807, 2.05) is 6.07 Å².